The Balaban J connectivity index is 2.05. The quantitative estimate of drug-likeness (QED) is 0.812. The van der Waals surface area contributed by atoms with E-state index >= 15 is 0 Å². The molecular weight excluding hydrogens is 258 g/mol. The second kappa shape index (κ2) is 7.81. The molecule has 1 aromatic carbocycles. The number of hydrogen-bond donors (Lipinski definition) is 1. The Bertz CT molecular complexity index is 434. The van der Waals surface area contributed by atoms with E-state index in [0.29, 0.717) is 6.04 Å². The van der Waals surface area contributed by atoms with Crippen molar-refractivity contribution in [1.82, 2.24) is 10.2 Å². The van der Waals surface area contributed by atoms with Crippen LogP contribution >= 0.6 is 0 Å². The van der Waals surface area contributed by atoms with E-state index in [1.165, 1.54) is 36.3 Å². The van der Waals surface area contributed by atoms with Gasteiger partial charge in [-0.15, -0.1) is 0 Å². The van der Waals surface area contributed by atoms with E-state index in [1.54, 1.807) is 0 Å². The van der Waals surface area contributed by atoms with Crippen LogP contribution in [0, 0.1) is 6.92 Å². The summed E-state index contributed by atoms with van der Waals surface area (Å²) in [5.74, 6) is 0. The third-order valence-electron chi connectivity index (χ3n) is 4.36. The zero-order chi connectivity index (χ0) is 15.2. The fourth-order valence-corrected chi connectivity index (χ4v) is 3.04. The van der Waals surface area contributed by atoms with Gasteiger partial charge in [0.15, 0.2) is 0 Å². The zero-order valence-corrected chi connectivity index (χ0v) is 14.2. The third kappa shape index (κ3) is 4.45. The molecular formula is C18H31N3. The Hall–Kier alpha value is -1.06. The van der Waals surface area contributed by atoms with Crippen LogP contribution in [0.4, 0.5) is 5.69 Å². The van der Waals surface area contributed by atoms with Crippen LogP contribution in [0.2, 0.25) is 0 Å². The fraction of sp³-hybridized carbons (Fsp3) is 0.667. The molecule has 1 aromatic rings. The molecule has 21 heavy (non-hydrogen) atoms. The van der Waals surface area contributed by atoms with E-state index in [0.717, 1.165) is 26.2 Å². The third-order valence-corrected chi connectivity index (χ3v) is 4.36. The van der Waals surface area contributed by atoms with Gasteiger partial charge < -0.3 is 10.2 Å². The summed E-state index contributed by atoms with van der Waals surface area (Å²) in [6, 6.07) is 7.56. The summed E-state index contributed by atoms with van der Waals surface area (Å²) in [5, 5.41) is 3.55. The topological polar surface area (TPSA) is 18.5 Å². The molecule has 1 heterocycles. The maximum atomic E-state index is 3.55. The first-order valence-electron chi connectivity index (χ1n) is 8.41. The number of hydrogen-bond acceptors (Lipinski definition) is 3. The lowest BCUT2D eigenvalue weighted by molar-refractivity contribution is 0.209. The van der Waals surface area contributed by atoms with Crippen molar-refractivity contribution in [3.8, 4) is 0 Å². The lowest BCUT2D eigenvalue weighted by Gasteiger charge is -2.39. The van der Waals surface area contributed by atoms with E-state index in [2.05, 4.69) is 61.0 Å². The Labute approximate surface area is 130 Å². The van der Waals surface area contributed by atoms with Crippen LogP contribution < -0.4 is 10.2 Å². The van der Waals surface area contributed by atoms with Gasteiger partial charge in [0.25, 0.3) is 0 Å². The van der Waals surface area contributed by atoms with Crippen molar-refractivity contribution in [3.63, 3.8) is 0 Å². The lowest BCUT2D eigenvalue weighted by atomic mass is 10.1. The van der Waals surface area contributed by atoms with Crippen molar-refractivity contribution in [1.29, 1.82) is 0 Å². The summed E-state index contributed by atoms with van der Waals surface area (Å²) >= 11 is 0. The highest BCUT2D eigenvalue weighted by Crippen LogP contribution is 2.23. The normalized spacial score (nSPS) is 16.7. The highest BCUT2D eigenvalue weighted by Gasteiger charge is 2.20. The maximum Gasteiger partial charge on any atom is 0.0412 e. The molecule has 0 bridgehead atoms. The smallest absolute Gasteiger partial charge is 0.0412 e. The van der Waals surface area contributed by atoms with E-state index in [9.17, 15) is 0 Å². The van der Waals surface area contributed by atoms with Crippen LogP contribution in [0.1, 0.15) is 38.3 Å². The van der Waals surface area contributed by atoms with Gasteiger partial charge >= 0.3 is 0 Å². The second-order valence-electron chi connectivity index (χ2n) is 6.43. The monoisotopic (exact) mass is 289 g/mol. The average molecular weight is 289 g/mol. The van der Waals surface area contributed by atoms with Crippen molar-refractivity contribution in [2.24, 2.45) is 0 Å². The number of aryl methyl sites for hydroxylation is 1. The Morgan fingerprint density at radius 1 is 1.14 bits per heavy atom. The second-order valence-corrected chi connectivity index (χ2v) is 6.43. The molecule has 2 rings (SSSR count). The van der Waals surface area contributed by atoms with Gasteiger partial charge in [-0.25, -0.2) is 0 Å². The molecule has 1 aliphatic heterocycles. The van der Waals surface area contributed by atoms with Crippen LogP contribution in [0.3, 0.4) is 0 Å². The first-order chi connectivity index (χ1) is 10.1. The van der Waals surface area contributed by atoms with Crippen LogP contribution in [0.25, 0.3) is 0 Å². The summed E-state index contributed by atoms with van der Waals surface area (Å²) in [7, 11) is 0. The van der Waals surface area contributed by atoms with Crippen LogP contribution in [-0.2, 0) is 6.54 Å². The number of nitrogens with one attached hydrogen (secondary N) is 1. The highest BCUT2D eigenvalue weighted by atomic mass is 15.3. The van der Waals surface area contributed by atoms with Crippen LogP contribution in [0.15, 0.2) is 18.2 Å². The molecule has 0 radical (unpaired) electrons. The van der Waals surface area contributed by atoms with E-state index in [-0.39, 0.29) is 0 Å². The summed E-state index contributed by atoms with van der Waals surface area (Å²) in [6.07, 6.45) is 1.19. The van der Waals surface area contributed by atoms with E-state index in [1.807, 2.05) is 0 Å². The van der Waals surface area contributed by atoms with Crippen molar-refractivity contribution >= 4 is 5.69 Å². The number of piperazine rings is 1. The molecule has 3 heteroatoms. The molecule has 0 aliphatic carbocycles. The van der Waals surface area contributed by atoms with Crippen molar-refractivity contribution in [2.45, 2.75) is 46.7 Å². The molecule has 0 saturated carbocycles. The molecule has 0 spiro atoms. The summed E-state index contributed by atoms with van der Waals surface area (Å²) in [6.45, 7) is 15.7. The molecule has 1 aliphatic rings. The summed E-state index contributed by atoms with van der Waals surface area (Å²) < 4.78 is 0. The lowest BCUT2D eigenvalue weighted by Crippen LogP contribution is -2.49. The minimum absolute atomic E-state index is 0.663. The molecule has 1 N–H and O–H groups in total. The van der Waals surface area contributed by atoms with Crippen LogP contribution in [-0.4, -0.2) is 43.7 Å². The molecule has 0 unspecified atom stereocenters. The number of anilines is 1. The minimum atomic E-state index is 0.663. The van der Waals surface area contributed by atoms with Gasteiger partial charge in [0.2, 0.25) is 0 Å². The Morgan fingerprint density at radius 3 is 2.48 bits per heavy atom. The summed E-state index contributed by atoms with van der Waals surface area (Å²) in [5.41, 5.74) is 4.22. The molecule has 0 atom stereocenters. The number of nitrogens with zero attached hydrogens (tertiary/aromatic N) is 2. The highest BCUT2D eigenvalue weighted by molar-refractivity contribution is 5.55. The van der Waals surface area contributed by atoms with Gasteiger partial charge in [-0.2, -0.15) is 0 Å². The predicted octanol–water partition coefficient (Wildman–Crippen LogP) is 3.03. The van der Waals surface area contributed by atoms with E-state index < -0.39 is 0 Å². The molecule has 0 amide bonds. The van der Waals surface area contributed by atoms with E-state index in [4.69, 9.17) is 0 Å². The van der Waals surface area contributed by atoms with Gasteiger partial charge in [-0.05, 0) is 45.4 Å². The minimum Gasteiger partial charge on any atom is -0.369 e. The Morgan fingerprint density at radius 2 is 1.86 bits per heavy atom. The average Bonchev–Trinajstić information content (AvgIpc) is 2.48. The number of benzene rings is 1. The Kier molecular flexibility index (Phi) is 6.07. The largest absolute Gasteiger partial charge is 0.369 e. The first kappa shape index (κ1) is 16.3. The SMILES string of the molecule is CCCNCc1cc(C)ccc1N1CCN(C(C)C)CC1. The molecule has 0 aromatic heterocycles. The van der Waals surface area contributed by atoms with Crippen molar-refractivity contribution in [2.75, 3.05) is 37.6 Å². The van der Waals surface area contributed by atoms with Gasteiger partial charge in [-0.3, -0.25) is 4.90 Å². The van der Waals surface area contributed by atoms with Crippen molar-refractivity contribution in [3.05, 3.63) is 29.3 Å². The first-order valence-corrected chi connectivity index (χ1v) is 8.41. The predicted molar refractivity (Wildman–Crippen MR) is 92.1 cm³/mol. The molecule has 1 saturated heterocycles. The standard InChI is InChI=1S/C18H31N3/c1-5-8-19-14-17-13-16(4)6-7-18(17)21-11-9-20(10-12-21)15(2)3/h6-7,13,15,19H,5,8-12,14H2,1-4H3. The zero-order valence-electron chi connectivity index (χ0n) is 14.2. The van der Waals surface area contributed by atoms with Crippen LogP contribution in [0.5, 0.6) is 0 Å². The van der Waals surface area contributed by atoms with Gasteiger partial charge in [-0.1, -0.05) is 24.6 Å². The molecule has 1 fully saturated rings. The van der Waals surface area contributed by atoms with Gasteiger partial charge in [0.05, 0.1) is 0 Å². The number of rotatable bonds is 6. The van der Waals surface area contributed by atoms with Gasteiger partial charge in [0, 0.05) is 44.5 Å². The molecule has 3 nitrogen and oxygen atoms in total. The van der Waals surface area contributed by atoms with Gasteiger partial charge in [0.1, 0.15) is 0 Å². The fourth-order valence-electron chi connectivity index (χ4n) is 3.04. The summed E-state index contributed by atoms with van der Waals surface area (Å²) in [4.78, 5) is 5.13. The molecule has 118 valence electrons. The van der Waals surface area contributed by atoms with Crippen molar-refractivity contribution < 1.29 is 0 Å². The maximum absolute atomic E-state index is 3.55.